The van der Waals surface area contributed by atoms with E-state index in [1.54, 1.807) is 36.7 Å². The van der Waals surface area contributed by atoms with Crippen LogP contribution in [0.2, 0.25) is 5.02 Å². The lowest BCUT2D eigenvalue weighted by Crippen LogP contribution is -2.54. The smallest absolute Gasteiger partial charge is 0.316 e. The molecular weight excluding hydrogens is 390 g/mol. The number of halogens is 1. The SMILES string of the molecule is O=C(N=C1NCC(Oc2ncc(-c3ccccc3)cn2)CN1)c1ccc(Cl)cc1. The van der Waals surface area contributed by atoms with Crippen LogP contribution in [-0.4, -0.2) is 41.0 Å². The van der Waals surface area contributed by atoms with Crippen molar-refractivity contribution in [3.8, 4) is 17.1 Å². The highest BCUT2D eigenvalue weighted by Gasteiger charge is 2.20. The van der Waals surface area contributed by atoms with Gasteiger partial charge in [0.25, 0.3) is 5.91 Å². The maximum Gasteiger partial charge on any atom is 0.316 e. The summed E-state index contributed by atoms with van der Waals surface area (Å²) in [5, 5.41) is 6.67. The molecule has 8 heteroatoms. The van der Waals surface area contributed by atoms with Gasteiger partial charge in [-0.1, -0.05) is 41.9 Å². The van der Waals surface area contributed by atoms with E-state index in [1.807, 2.05) is 30.3 Å². The van der Waals surface area contributed by atoms with Crippen LogP contribution >= 0.6 is 11.6 Å². The molecule has 3 aromatic rings. The molecule has 2 aromatic carbocycles. The molecule has 0 bridgehead atoms. The fourth-order valence-corrected chi connectivity index (χ4v) is 2.91. The topological polar surface area (TPSA) is 88.5 Å². The molecular formula is C21H18ClN5O2. The number of ether oxygens (including phenoxy) is 1. The van der Waals surface area contributed by atoms with Crippen molar-refractivity contribution in [3.63, 3.8) is 0 Å². The van der Waals surface area contributed by atoms with Crippen LogP contribution in [0.25, 0.3) is 11.1 Å². The van der Waals surface area contributed by atoms with Crippen LogP contribution in [0, 0.1) is 0 Å². The summed E-state index contributed by atoms with van der Waals surface area (Å²) in [6, 6.07) is 16.8. The number of nitrogens with one attached hydrogen (secondary N) is 2. The highest BCUT2D eigenvalue weighted by Crippen LogP contribution is 2.18. The Morgan fingerprint density at radius 3 is 2.28 bits per heavy atom. The van der Waals surface area contributed by atoms with E-state index >= 15 is 0 Å². The first-order valence-corrected chi connectivity index (χ1v) is 9.45. The van der Waals surface area contributed by atoms with Crippen molar-refractivity contribution in [1.29, 1.82) is 0 Å². The zero-order valence-electron chi connectivity index (χ0n) is 15.4. The van der Waals surface area contributed by atoms with Gasteiger partial charge in [-0.15, -0.1) is 0 Å². The summed E-state index contributed by atoms with van der Waals surface area (Å²) >= 11 is 5.83. The molecule has 1 saturated heterocycles. The molecule has 2 N–H and O–H groups in total. The second kappa shape index (κ2) is 8.70. The first-order valence-electron chi connectivity index (χ1n) is 9.08. The molecule has 0 aliphatic carbocycles. The number of rotatable bonds is 4. The molecule has 29 heavy (non-hydrogen) atoms. The van der Waals surface area contributed by atoms with E-state index in [-0.39, 0.29) is 12.0 Å². The van der Waals surface area contributed by atoms with Gasteiger partial charge in [0.05, 0.1) is 13.1 Å². The van der Waals surface area contributed by atoms with Crippen LogP contribution in [0.3, 0.4) is 0 Å². The molecule has 1 aliphatic heterocycles. The van der Waals surface area contributed by atoms with Crippen molar-refractivity contribution in [2.45, 2.75) is 6.10 Å². The molecule has 146 valence electrons. The summed E-state index contributed by atoms with van der Waals surface area (Å²) in [6.07, 6.45) is 3.28. The lowest BCUT2D eigenvalue weighted by Gasteiger charge is -2.25. The molecule has 7 nitrogen and oxygen atoms in total. The number of carbonyl (C=O) groups is 1. The lowest BCUT2D eigenvalue weighted by molar-refractivity contribution is 0.100. The van der Waals surface area contributed by atoms with Gasteiger partial charge in [0, 0.05) is 28.5 Å². The van der Waals surface area contributed by atoms with Gasteiger partial charge >= 0.3 is 6.01 Å². The van der Waals surface area contributed by atoms with Crippen LogP contribution < -0.4 is 15.4 Å². The van der Waals surface area contributed by atoms with Crippen molar-refractivity contribution in [2.75, 3.05) is 13.1 Å². The van der Waals surface area contributed by atoms with Gasteiger partial charge in [-0.25, -0.2) is 9.97 Å². The quantitative estimate of drug-likeness (QED) is 0.691. The van der Waals surface area contributed by atoms with Crippen molar-refractivity contribution in [1.82, 2.24) is 20.6 Å². The summed E-state index contributed by atoms with van der Waals surface area (Å²) in [6.45, 7) is 0.951. The van der Waals surface area contributed by atoms with E-state index in [2.05, 4.69) is 25.6 Å². The summed E-state index contributed by atoms with van der Waals surface area (Å²) < 4.78 is 5.80. The maximum absolute atomic E-state index is 12.2. The standard InChI is InChI=1S/C21H18ClN5O2/c22-17-8-6-15(7-9-17)19(28)27-20-23-12-18(13-24-20)29-21-25-10-16(11-26-21)14-4-2-1-3-5-14/h1-11,18H,12-13H2,(H2,23,24,27,28). The minimum atomic E-state index is -0.351. The first-order chi connectivity index (χ1) is 14.2. The zero-order valence-corrected chi connectivity index (χ0v) is 16.1. The Hall–Kier alpha value is -3.45. The molecule has 1 amide bonds. The molecule has 1 aliphatic rings. The Balaban J connectivity index is 1.32. The van der Waals surface area contributed by atoms with E-state index < -0.39 is 0 Å². The van der Waals surface area contributed by atoms with Gasteiger partial charge in [0.15, 0.2) is 5.96 Å². The number of aliphatic imine (C=N–C) groups is 1. The second-order valence-electron chi connectivity index (χ2n) is 6.39. The Morgan fingerprint density at radius 2 is 1.62 bits per heavy atom. The van der Waals surface area contributed by atoms with Crippen LogP contribution in [0.1, 0.15) is 10.4 Å². The first kappa shape index (κ1) is 18.9. The van der Waals surface area contributed by atoms with E-state index in [0.717, 1.165) is 11.1 Å². The van der Waals surface area contributed by atoms with Crippen molar-refractivity contribution >= 4 is 23.5 Å². The Morgan fingerprint density at radius 1 is 0.966 bits per heavy atom. The largest absolute Gasteiger partial charge is 0.456 e. The van der Waals surface area contributed by atoms with Gasteiger partial charge in [0.2, 0.25) is 0 Å². The minimum Gasteiger partial charge on any atom is -0.456 e. The highest BCUT2D eigenvalue weighted by molar-refractivity contribution is 6.30. The van der Waals surface area contributed by atoms with Gasteiger partial charge < -0.3 is 15.4 Å². The molecule has 0 spiro atoms. The van der Waals surface area contributed by atoms with Crippen molar-refractivity contribution < 1.29 is 9.53 Å². The van der Waals surface area contributed by atoms with Crippen LogP contribution in [0.15, 0.2) is 72.0 Å². The van der Waals surface area contributed by atoms with Gasteiger partial charge in [-0.05, 0) is 29.8 Å². The molecule has 0 radical (unpaired) electrons. The van der Waals surface area contributed by atoms with E-state index in [4.69, 9.17) is 16.3 Å². The number of nitrogens with zero attached hydrogens (tertiary/aromatic N) is 3. The minimum absolute atomic E-state index is 0.192. The van der Waals surface area contributed by atoms with E-state index in [1.165, 1.54) is 0 Å². The number of aromatic nitrogens is 2. The van der Waals surface area contributed by atoms with E-state index in [9.17, 15) is 4.79 Å². The van der Waals surface area contributed by atoms with Crippen molar-refractivity contribution in [3.05, 3.63) is 77.6 Å². The fourth-order valence-electron chi connectivity index (χ4n) is 2.78. The number of hydrogen-bond acceptors (Lipinski definition) is 4. The third-order valence-electron chi connectivity index (χ3n) is 4.31. The molecule has 0 atom stereocenters. The number of hydrogen-bond donors (Lipinski definition) is 2. The molecule has 2 heterocycles. The lowest BCUT2D eigenvalue weighted by atomic mass is 10.1. The number of amides is 1. The zero-order chi connectivity index (χ0) is 20.1. The van der Waals surface area contributed by atoms with Crippen LogP contribution in [-0.2, 0) is 0 Å². The molecule has 4 rings (SSSR count). The van der Waals surface area contributed by atoms with E-state index in [0.29, 0.717) is 35.6 Å². The Bertz CT molecular complexity index is 998. The normalized spacial score (nSPS) is 15.8. The predicted octanol–water partition coefficient (Wildman–Crippen LogP) is 2.93. The highest BCUT2D eigenvalue weighted by atomic mass is 35.5. The van der Waals surface area contributed by atoms with Crippen LogP contribution in [0.5, 0.6) is 6.01 Å². The average Bonchev–Trinajstić information content (AvgIpc) is 2.77. The third-order valence-corrected chi connectivity index (χ3v) is 4.56. The fraction of sp³-hybridized carbons (Fsp3) is 0.143. The molecule has 1 fully saturated rings. The molecule has 1 aromatic heterocycles. The summed E-state index contributed by atoms with van der Waals surface area (Å²) in [5.41, 5.74) is 2.44. The molecule has 0 saturated carbocycles. The predicted molar refractivity (Wildman–Crippen MR) is 111 cm³/mol. The van der Waals surface area contributed by atoms with Gasteiger partial charge in [-0.2, -0.15) is 4.99 Å². The third kappa shape index (κ3) is 4.89. The van der Waals surface area contributed by atoms with Crippen molar-refractivity contribution in [2.24, 2.45) is 4.99 Å². The number of benzene rings is 2. The van der Waals surface area contributed by atoms with Gasteiger partial charge in [0.1, 0.15) is 6.10 Å². The van der Waals surface area contributed by atoms with Crippen LogP contribution in [0.4, 0.5) is 0 Å². The molecule has 0 unspecified atom stereocenters. The number of guanidine groups is 1. The summed E-state index contributed by atoms with van der Waals surface area (Å²) in [7, 11) is 0. The maximum atomic E-state index is 12.2. The monoisotopic (exact) mass is 407 g/mol. The summed E-state index contributed by atoms with van der Waals surface area (Å²) in [4.78, 5) is 24.8. The summed E-state index contributed by atoms with van der Waals surface area (Å²) in [5.74, 6) is 0.0565. The Labute approximate surface area is 172 Å². The number of carbonyl (C=O) groups excluding carboxylic acids is 1. The Kier molecular flexibility index (Phi) is 5.67. The van der Waals surface area contributed by atoms with Gasteiger partial charge in [-0.3, -0.25) is 4.79 Å². The second-order valence-corrected chi connectivity index (χ2v) is 6.83. The average molecular weight is 408 g/mol.